The quantitative estimate of drug-likeness (QED) is 0.327. The van der Waals surface area contributed by atoms with Gasteiger partial charge in [-0.25, -0.2) is 14.6 Å². The molecule has 2 aromatic heterocycles. The van der Waals surface area contributed by atoms with Crippen LogP contribution in [-0.2, 0) is 27.1 Å². The molecule has 2 aliphatic rings. The van der Waals surface area contributed by atoms with Gasteiger partial charge in [-0.3, -0.25) is 4.98 Å². The SMILES string of the molecule is CC(C)(C)OC(=O)N1CCC(O)(c2nc(Cl)ccc2Cl)CC1.CCc1ccc(Cl)c(C2(O)CCN(C(=O)OC(C)(C)C)CC2)n1. The summed E-state index contributed by atoms with van der Waals surface area (Å²) in [6.45, 7) is 14.6. The minimum Gasteiger partial charge on any atom is -0.444 e. The highest BCUT2D eigenvalue weighted by molar-refractivity contribution is 6.32. The third-order valence-corrected chi connectivity index (χ3v) is 8.26. The van der Waals surface area contributed by atoms with Crippen LogP contribution in [0.25, 0.3) is 0 Å². The van der Waals surface area contributed by atoms with E-state index in [1.165, 1.54) is 0 Å². The first-order chi connectivity index (χ1) is 20.7. The standard InChI is InChI=1S/C17H25ClN2O3.C15H20Cl2N2O3/c1-5-12-6-7-13(18)14(19-12)17(22)8-10-20(11-9-17)15(21)23-16(2,3)4;1-14(2,3)22-13(20)19-8-6-15(21,7-9-19)12-10(16)4-5-11(17)18-12/h6-7,22H,5,8-11H2,1-4H3;4-5,21H,6-9H2,1-3H3. The number of rotatable bonds is 3. The number of halogens is 3. The number of hydrogen-bond donors (Lipinski definition) is 2. The Morgan fingerprint density at radius 3 is 1.49 bits per heavy atom. The van der Waals surface area contributed by atoms with Gasteiger partial charge in [0.05, 0.1) is 21.4 Å². The molecule has 10 nitrogen and oxygen atoms in total. The van der Waals surface area contributed by atoms with Crippen LogP contribution in [0.4, 0.5) is 9.59 Å². The zero-order valence-corrected chi connectivity index (χ0v) is 29.4. The first-order valence-electron chi connectivity index (χ1n) is 15.1. The minimum absolute atomic E-state index is 0.280. The number of likely N-dealkylation sites (tertiary alicyclic amines) is 2. The molecule has 0 unspecified atom stereocenters. The first kappa shape index (κ1) is 37.1. The van der Waals surface area contributed by atoms with Gasteiger partial charge in [0.1, 0.15) is 27.6 Å². The highest BCUT2D eigenvalue weighted by Gasteiger charge is 2.40. The van der Waals surface area contributed by atoms with Crippen molar-refractivity contribution in [3.63, 3.8) is 0 Å². The predicted molar refractivity (Wildman–Crippen MR) is 175 cm³/mol. The summed E-state index contributed by atoms with van der Waals surface area (Å²) in [5.74, 6) is 0. The van der Waals surface area contributed by atoms with Gasteiger partial charge in [0.25, 0.3) is 0 Å². The van der Waals surface area contributed by atoms with Gasteiger partial charge >= 0.3 is 12.2 Å². The second-order valence-electron chi connectivity index (χ2n) is 13.4. The topological polar surface area (TPSA) is 125 Å². The highest BCUT2D eigenvalue weighted by Crippen LogP contribution is 2.37. The van der Waals surface area contributed by atoms with E-state index in [1.807, 2.05) is 54.5 Å². The molecule has 0 radical (unpaired) electrons. The van der Waals surface area contributed by atoms with E-state index < -0.39 is 22.4 Å². The number of carbonyl (C=O) groups is 2. The van der Waals surface area contributed by atoms with Crippen molar-refractivity contribution < 1.29 is 29.3 Å². The molecule has 0 aromatic carbocycles. The molecular weight excluding hydrogens is 643 g/mol. The number of carbonyl (C=O) groups excluding carboxylic acids is 2. The van der Waals surface area contributed by atoms with Crippen molar-refractivity contribution in [2.24, 2.45) is 0 Å². The molecule has 0 spiro atoms. The fraction of sp³-hybridized carbons (Fsp3) is 0.625. The number of amides is 2. The van der Waals surface area contributed by atoms with Crippen LogP contribution in [0, 0.1) is 0 Å². The fourth-order valence-electron chi connectivity index (χ4n) is 5.00. The molecular formula is C32H45Cl3N4O6. The van der Waals surface area contributed by atoms with Crippen molar-refractivity contribution in [1.29, 1.82) is 0 Å². The lowest BCUT2D eigenvalue weighted by Gasteiger charge is -2.38. The van der Waals surface area contributed by atoms with Gasteiger partial charge in [-0.2, -0.15) is 0 Å². The van der Waals surface area contributed by atoms with E-state index >= 15 is 0 Å². The average Bonchev–Trinajstić information content (AvgIpc) is 2.93. The van der Waals surface area contributed by atoms with Crippen LogP contribution in [0.1, 0.15) is 91.2 Å². The number of hydrogen-bond acceptors (Lipinski definition) is 8. The van der Waals surface area contributed by atoms with Crippen molar-refractivity contribution in [3.05, 3.63) is 56.5 Å². The van der Waals surface area contributed by atoms with Gasteiger partial charge in [0.15, 0.2) is 0 Å². The Morgan fingerprint density at radius 1 is 0.733 bits per heavy atom. The molecule has 4 heterocycles. The van der Waals surface area contributed by atoms with Crippen molar-refractivity contribution in [3.8, 4) is 0 Å². The highest BCUT2D eigenvalue weighted by atomic mass is 35.5. The molecule has 2 saturated heterocycles. The lowest BCUT2D eigenvalue weighted by atomic mass is 9.87. The van der Waals surface area contributed by atoms with Crippen molar-refractivity contribution in [2.75, 3.05) is 26.2 Å². The monoisotopic (exact) mass is 686 g/mol. The molecule has 13 heteroatoms. The Balaban J connectivity index is 0.000000246. The summed E-state index contributed by atoms with van der Waals surface area (Å²) in [6, 6.07) is 6.84. The maximum Gasteiger partial charge on any atom is 0.410 e. The molecule has 0 aliphatic carbocycles. The van der Waals surface area contributed by atoms with Crippen LogP contribution in [0.3, 0.4) is 0 Å². The minimum atomic E-state index is -1.18. The van der Waals surface area contributed by atoms with E-state index in [-0.39, 0.29) is 17.3 Å². The second kappa shape index (κ2) is 14.6. The number of aromatic nitrogens is 2. The van der Waals surface area contributed by atoms with E-state index in [1.54, 1.807) is 28.0 Å². The second-order valence-corrected chi connectivity index (χ2v) is 14.7. The Morgan fingerprint density at radius 2 is 1.11 bits per heavy atom. The number of aliphatic hydroxyl groups is 2. The van der Waals surface area contributed by atoms with E-state index in [2.05, 4.69) is 9.97 Å². The Hall–Kier alpha value is -2.37. The van der Waals surface area contributed by atoms with Crippen LogP contribution in [0.2, 0.25) is 15.2 Å². The van der Waals surface area contributed by atoms with E-state index in [0.717, 1.165) is 12.1 Å². The van der Waals surface area contributed by atoms with Crippen LogP contribution >= 0.6 is 34.8 Å². The molecule has 2 N–H and O–H groups in total. The van der Waals surface area contributed by atoms with Crippen molar-refractivity contribution in [2.45, 2.75) is 103 Å². The zero-order chi connectivity index (χ0) is 33.8. The zero-order valence-electron chi connectivity index (χ0n) is 27.1. The van der Waals surface area contributed by atoms with Crippen molar-refractivity contribution >= 4 is 47.0 Å². The molecule has 250 valence electrons. The van der Waals surface area contributed by atoms with E-state index in [0.29, 0.717) is 73.3 Å². The summed E-state index contributed by atoms with van der Waals surface area (Å²) in [6.07, 6.45) is 1.52. The molecule has 0 bridgehead atoms. The molecule has 2 aromatic rings. The van der Waals surface area contributed by atoms with Gasteiger partial charge in [0.2, 0.25) is 0 Å². The van der Waals surface area contributed by atoms with Gasteiger partial charge in [-0.15, -0.1) is 0 Å². The van der Waals surface area contributed by atoms with Gasteiger partial charge < -0.3 is 29.5 Å². The molecule has 2 amide bonds. The fourth-order valence-corrected chi connectivity index (χ4v) is 5.71. The number of aryl methyl sites for hydroxylation is 1. The predicted octanol–water partition coefficient (Wildman–Crippen LogP) is 7.12. The maximum absolute atomic E-state index is 12.1. The molecule has 2 fully saturated rings. The molecule has 2 aliphatic heterocycles. The van der Waals surface area contributed by atoms with Crippen LogP contribution in [0.5, 0.6) is 0 Å². The number of piperidine rings is 2. The third kappa shape index (κ3) is 10.3. The Kier molecular flexibility index (Phi) is 12.0. The van der Waals surface area contributed by atoms with Gasteiger partial charge in [0, 0.05) is 31.9 Å². The summed E-state index contributed by atoms with van der Waals surface area (Å²) >= 11 is 18.2. The van der Waals surface area contributed by atoms with Gasteiger partial charge in [-0.1, -0.05) is 41.7 Å². The Labute approximate surface area is 281 Å². The molecule has 4 rings (SSSR count). The summed E-state index contributed by atoms with van der Waals surface area (Å²) in [5, 5.41) is 22.9. The van der Waals surface area contributed by atoms with Crippen LogP contribution in [0.15, 0.2) is 24.3 Å². The number of nitrogens with zero attached hydrogens (tertiary/aromatic N) is 4. The summed E-state index contributed by atoms with van der Waals surface area (Å²) in [5.41, 5.74) is -1.56. The van der Waals surface area contributed by atoms with Gasteiger partial charge in [-0.05, 0) is 97.9 Å². The van der Waals surface area contributed by atoms with Crippen LogP contribution in [-0.4, -0.2) is 79.5 Å². The number of ether oxygens (including phenoxy) is 2. The average molecular weight is 688 g/mol. The number of pyridine rings is 2. The molecule has 45 heavy (non-hydrogen) atoms. The first-order valence-corrected chi connectivity index (χ1v) is 16.3. The maximum atomic E-state index is 12.1. The lowest BCUT2D eigenvalue weighted by molar-refractivity contribution is -0.0390. The molecule has 0 atom stereocenters. The Bertz CT molecular complexity index is 1350. The smallest absolute Gasteiger partial charge is 0.410 e. The van der Waals surface area contributed by atoms with E-state index in [4.69, 9.17) is 44.3 Å². The summed E-state index contributed by atoms with van der Waals surface area (Å²) in [4.78, 5) is 36.0. The van der Waals surface area contributed by atoms with E-state index in [9.17, 15) is 19.8 Å². The third-order valence-electron chi connectivity index (χ3n) is 7.44. The molecule has 0 saturated carbocycles. The van der Waals surface area contributed by atoms with Crippen molar-refractivity contribution in [1.82, 2.24) is 19.8 Å². The normalized spacial score (nSPS) is 18.0. The lowest BCUT2D eigenvalue weighted by Crippen LogP contribution is -2.47. The van der Waals surface area contributed by atoms with Crippen LogP contribution < -0.4 is 0 Å². The largest absolute Gasteiger partial charge is 0.444 e. The summed E-state index contributed by atoms with van der Waals surface area (Å²) < 4.78 is 10.7. The summed E-state index contributed by atoms with van der Waals surface area (Å²) in [7, 11) is 0.